The zero-order valence-corrected chi connectivity index (χ0v) is 12.9. The Hall–Kier alpha value is -1.42. The summed E-state index contributed by atoms with van der Waals surface area (Å²) in [6, 6.07) is 1.85. The lowest BCUT2D eigenvalue weighted by molar-refractivity contribution is -0.139. The van der Waals surface area contributed by atoms with Gasteiger partial charge in [-0.15, -0.1) is 0 Å². The number of nitriles is 1. The summed E-state index contributed by atoms with van der Waals surface area (Å²) < 4.78 is 0. The Kier molecular flexibility index (Phi) is 7.01. The number of hydrogen-bond donors (Lipinski definition) is 4. The summed E-state index contributed by atoms with van der Waals surface area (Å²) in [5.74, 6) is -2.23. The summed E-state index contributed by atoms with van der Waals surface area (Å²) >= 11 is 0. The Bertz CT molecular complexity index is 444. The number of carbonyl (C=O) groups is 1. The number of aliphatic hydroxyl groups is 3. The summed E-state index contributed by atoms with van der Waals surface area (Å²) in [6.45, 7) is 2.02. The molecular formula is C16H25NO5. The molecule has 5 atom stereocenters. The van der Waals surface area contributed by atoms with Gasteiger partial charge in [-0.2, -0.15) is 5.26 Å². The van der Waals surface area contributed by atoms with Crippen LogP contribution in [-0.2, 0) is 4.79 Å². The second kappa shape index (κ2) is 8.28. The molecule has 1 rings (SSSR count). The van der Waals surface area contributed by atoms with Crippen molar-refractivity contribution in [2.24, 2.45) is 11.8 Å². The summed E-state index contributed by atoms with van der Waals surface area (Å²) in [7, 11) is 0. The van der Waals surface area contributed by atoms with Gasteiger partial charge in [0.15, 0.2) is 5.60 Å². The van der Waals surface area contributed by atoms with Gasteiger partial charge in [0.1, 0.15) is 6.07 Å². The molecule has 0 bridgehead atoms. The van der Waals surface area contributed by atoms with E-state index in [1.807, 2.05) is 13.0 Å². The van der Waals surface area contributed by atoms with Crippen LogP contribution >= 0.6 is 0 Å². The standard InChI is InChI=1S/C16H25NO5/c1-2-3-4-6-16(22,10-17)7-5-11-12(8-15(20)21)14(19)9-13(11)18/h5,7,11-14,18-19,22H,2-4,6,8-9H2,1H3,(H,20,21)/t11-,12+,13+,14-,16?/m0/s1. The van der Waals surface area contributed by atoms with Crippen molar-refractivity contribution in [1.82, 2.24) is 0 Å². The maximum Gasteiger partial charge on any atom is 0.303 e. The first-order chi connectivity index (χ1) is 10.3. The Balaban J connectivity index is 2.79. The molecule has 22 heavy (non-hydrogen) atoms. The molecule has 6 nitrogen and oxygen atoms in total. The smallest absolute Gasteiger partial charge is 0.303 e. The normalized spacial score (nSPS) is 31.0. The highest BCUT2D eigenvalue weighted by Gasteiger charge is 2.41. The van der Waals surface area contributed by atoms with Crippen LogP contribution in [0.25, 0.3) is 0 Å². The number of aliphatic carboxylic acids is 1. The molecule has 0 spiro atoms. The van der Waals surface area contributed by atoms with Crippen LogP contribution in [0.2, 0.25) is 0 Å². The van der Waals surface area contributed by atoms with Crippen molar-refractivity contribution in [3.8, 4) is 6.07 Å². The zero-order chi connectivity index (χ0) is 16.8. The van der Waals surface area contributed by atoms with Gasteiger partial charge in [-0.05, 0) is 18.9 Å². The van der Waals surface area contributed by atoms with Gasteiger partial charge >= 0.3 is 5.97 Å². The molecule has 6 heteroatoms. The molecule has 1 aliphatic rings. The van der Waals surface area contributed by atoms with Crippen molar-refractivity contribution in [3.05, 3.63) is 12.2 Å². The summed E-state index contributed by atoms with van der Waals surface area (Å²) in [5, 5.41) is 48.1. The Morgan fingerprint density at radius 1 is 1.36 bits per heavy atom. The van der Waals surface area contributed by atoms with Crippen LogP contribution in [-0.4, -0.2) is 44.2 Å². The van der Waals surface area contributed by atoms with Crippen LogP contribution in [0.3, 0.4) is 0 Å². The molecule has 0 aromatic heterocycles. The SMILES string of the molecule is CCCCCC(O)(C#N)C=C[C@H]1[C@@H](CC(=O)O)[C@@H](O)C[C@H]1O. The number of rotatable bonds is 8. The molecule has 0 amide bonds. The first kappa shape index (κ1) is 18.6. The third kappa shape index (κ3) is 5.09. The van der Waals surface area contributed by atoms with Crippen LogP contribution < -0.4 is 0 Å². The van der Waals surface area contributed by atoms with Crippen molar-refractivity contribution >= 4 is 5.97 Å². The second-order valence-corrected chi connectivity index (χ2v) is 6.06. The fourth-order valence-corrected chi connectivity index (χ4v) is 2.96. The van der Waals surface area contributed by atoms with Crippen LogP contribution in [0.5, 0.6) is 0 Å². The third-order valence-electron chi connectivity index (χ3n) is 4.28. The molecule has 0 aliphatic heterocycles. The lowest BCUT2D eigenvalue weighted by atomic mass is 9.88. The average Bonchev–Trinajstić information content (AvgIpc) is 2.71. The topological polar surface area (TPSA) is 122 Å². The summed E-state index contributed by atoms with van der Waals surface area (Å²) in [6.07, 6.45) is 3.80. The van der Waals surface area contributed by atoms with E-state index in [1.165, 1.54) is 12.2 Å². The van der Waals surface area contributed by atoms with Crippen LogP contribution in [0.15, 0.2) is 12.2 Å². The van der Waals surface area contributed by atoms with E-state index >= 15 is 0 Å². The minimum absolute atomic E-state index is 0.105. The van der Waals surface area contributed by atoms with E-state index in [9.17, 15) is 20.1 Å². The van der Waals surface area contributed by atoms with Gasteiger partial charge in [0.05, 0.1) is 18.6 Å². The first-order valence-electron chi connectivity index (χ1n) is 7.74. The summed E-state index contributed by atoms with van der Waals surface area (Å²) in [5.41, 5.74) is -1.61. The predicted octanol–water partition coefficient (Wildman–Crippen LogP) is 1.21. The molecular weight excluding hydrogens is 286 g/mol. The predicted molar refractivity (Wildman–Crippen MR) is 79.7 cm³/mol. The van der Waals surface area contributed by atoms with Gasteiger partial charge in [0, 0.05) is 18.3 Å². The van der Waals surface area contributed by atoms with Gasteiger partial charge in [0.2, 0.25) is 0 Å². The number of aliphatic hydroxyl groups excluding tert-OH is 2. The van der Waals surface area contributed by atoms with E-state index in [2.05, 4.69) is 0 Å². The fourth-order valence-electron chi connectivity index (χ4n) is 2.96. The van der Waals surface area contributed by atoms with Crippen molar-refractivity contribution < 1.29 is 25.2 Å². The van der Waals surface area contributed by atoms with Gasteiger partial charge in [-0.3, -0.25) is 4.79 Å². The number of carboxylic acids is 1. The highest BCUT2D eigenvalue weighted by molar-refractivity contribution is 5.67. The molecule has 4 N–H and O–H groups in total. The number of hydrogen-bond acceptors (Lipinski definition) is 5. The molecule has 1 unspecified atom stereocenters. The highest BCUT2D eigenvalue weighted by atomic mass is 16.4. The van der Waals surface area contributed by atoms with E-state index < -0.39 is 35.6 Å². The maximum absolute atomic E-state index is 10.9. The maximum atomic E-state index is 10.9. The number of unbranched alkanes of at least 4 members (excludes halogenated alkanes) is 2. The monoisotopic (exact) mass is 311 g/mol. The quantitative estimate of drug-likeness (QED) is 0.304. The Morgan fingerprint density at radius 2 is 2.05 bits per heavy atom. The van der Waals surface area contributed by atoms with Crippen molar-refractivity contribution in [2.45, 2.75) is 63.3 Å². The van der Waals surface area contributed by atoms with Gasteiger partial charge < -0.3 is 20.4 Å². The van der Waals surface area contributed by atoms with Gasteiger partial charge in [-0.1, -0.05) is 25.8 Å². The molecule has 0 radical (unpaired) electrons. The molecule has 0 aromatic carbocycles. The Labute approximate surface area is 130 Å². The minimum Gasteiger partial charge on any atom is -0.481 e. The lowest BCUT2D eigenvalue weighted by Crippen LogP contribution is -2.26. The first-order valence-corrected chi connectivity index (χ1v) is 7.74. The molecule has 1 fully saturated rings. The zero-order valence-electron chi connectivity index (χ0n) is 12.9. The molecule has 124 valence electrons. The van der Waals surface area contributed by atoms with Crippen molar-refractivity contribution in [3.63, 3.8) is 0 Å². The Morgan fingerprint density at radius 3 is 2.59 bits per heavy atom. The second-order valence-electron chi connectivity index (χ2n) is 6.06. The van der Waals surface area contributed by atoms with Crippen LogP contribution in [0.1, 0.15) is 45.4 Å². The largest absolute Gasteiger partial charge is 0.481 e. The highest BCUT2D eigenvalue weighted by Crippen LogP contribution is 2.36. The lowest BCUT2D eigenvalue weighted by Gasteiger charge is -2.21. The molecule has 1 aliphatic carbocycles. The average molecular weight is 311 g/mol. The van der Waals surface area contributed by atoms with E-state index in [0.717, 1.165) is 12.8 Å². The van der Waals surface area contributed by atoms with Gasteiger partial charge in [0.25, 0.3) is 0 Å². The molecule has 0 saturated heterocycles. The van der Waals surface area contributed by atoms with Crippen molar-refractivity contribution in [2.75, 3.05) is 0 Å². The number of carboxylic acid groups (broad SMARTS) is 1. The van der Waals surface area contributed by atoms with E-state index in [-0.39, 0.29) is 12.8 Å². The van der Waals surface area contributed by atoms with E-state index in [1.54, 1.807) is 0 Å². The molecule has 1 saturated carbocycles. The third-order valence-corrected chi connectivity index (χ3v) is 4.28. The van der Waals surface area contributed by atoms with Gasteiger partial charge in [-0.25, -0.2) is 0 Å². The van der Waals surface area contributed by atoms with Crippen LogP contribution in [0, 0.1) is 23.2 Å². The number of nitrogens with zero attached hydrogens (tertiary/aromatic N) is 1. The van der Waals surface area contributed by atoms with E-state index in [4.69, 9.17) is 10.4 Å². The molecule has 0 aromatic rings. The van der Waals surface area contributed by atoms with E-state index in [0.29, 0.717) is 12.8 Å². The minimum atomic E-state index is -1.61. The fraction of sp³-hybridized carbons (Fsp3) is 0.750. The van der Waals surface area contributed by atoms with Crippen molar-refractivity contribution in [1.29, 1.82) is 5.26 Å². The van der Waals surface area contributed by atoms with Crippen LogP contribution in [0.4, 0.5) is 0 Å². The summed E-state index contributed by atoms with van der Waals surface area (Å²) in [4.78, 5) is 10.9. The molecule has 0 heterocycles.